The van der Waals surface area contributed by atoms with E-state index in [1.807, 2.05) is 6.07 Å². The Balaban J connectivity index is 2.31. The standard InChI is InChI=1S/C12H15NO3S/c1-2-3-4-6-9-7-5-8-10-11(9)12(14)17-13(10,15)16/h5,7-8,15H,2-4,6H2,1H3. The molecule has 0 bridgehead atoms. The van der Waals surface area contributed by atoms with E-state index in [0.717, 1.165) is 31.2 Å². The van der Waals surface area contributed by atoms with Crippen molar-refractivity contribution < 1.29 is 10.0 Å². The van der Waals surface area contributed by atoms with Crippen LogP contribution >= 0.6 is 11.9 Å². The summed E-state index contributed by atoms with van der Waals surface area (Å²) in [5.41, 5.74) is 1.44. The van der Waals surface area contributed by atoms with E-state index in [1.165, 1.54) is 6.07 Å². The molecule has 0 saturated heterocycles. The maximum absolute atomic E-state index is 11.7. The van der Waals surface area contributed by atoms with Gasteiger partial charge in [0.25, 0.3) is 5.12 Å². The lowest BCUT2D eigenvalue weighted by molar-refractivity contribution is 0.0766. The molecule has 0 aromatic heterocycles. The van der Waals surface area contributed by atoms with Crippen molar-refractivity contribution in [2.24, 2.45) is 0 Å². The first-order valence-electron chi connectivity index (χ1n) is 5.75. The summed E-state index contributed by atoms with van der Waals surface area (Å²) in [6.07, 6.45) is 3.99. The summed E-state index contributed by atoms with van der Waals surface area (Å²) in [7, 11) is 0. The van der Waals surface area contributed by atoms with Gasteiger partial charge in [-0.25, -0.2) is 0 Å². The molecule has 17 heavy (non-hydrogen) atoms. The molecule has 0 amide bonds. The maximum atomic E-state index is 11.7. The Morgan fingerprint density at radius 3 is 2.88 bits per heavy atom. The third-order valence-corrected chi connectivity index (χ3v) is 3.71. The van der Waals surface area contributed by atoms with Crippen molar-refractivity contribution in [1.82, 2.24) is 4.21 Å². The first-order valence-corrected chi connectivity index (χ1v) is 6.53. The summed E-state index contributed by atoms with van der Waals surface area (Å²) in [6.45, 7) is 2.11. The minimum absolute atomic E-state index is 0.161. The predicted octanol–water partition coefficient (Wildman–Crippen LogP) is 3.42. The molecule has 0 saturated carbocycles. The second kappa shape index (κ2) is 4.78. The zero-order chi connectivity index (χ0) is 12.5. The fourth-order valence-electron chi connectivity index (χ4n) is 2.04. The van der Waals surface area contributed by atoms with E-state index in [0.29, 0.717) is 17.5 Å². The lowest BCUT2D eigenvalue weighted by Gasteiger charge is -2.23. The Labute approximate surface area is 105 Å². The molecule has 1 aliphatic heterocycles. The first kappa shape index (κ1) is 12.6. The largest absolute Gasteiger partial charge is 0.581 e. The highest BCUT2D eigenvalue weighted by Crippen LogP contribution is 2.43. The summed E-state index contributed by atoms with van der Waals surface area (Å²) >= 11 is 0.403. The van der Waals surface area contributed by atoms with Crippen LogP contribution in [-0.2, 0) is 6.42 Å². The predicted molar refractivity (Wildman–Crippen MR) is 68.5 cm³/mol. The van der Waals surface area contributed by atoms with Crippen molar-refractivity contribution in [2.45, 2.75) is 32.6 Å². The summed E-state index contributed by atoms with van der Waals surface area (Å²) in [6, 6.07) is 5.10. The Bertz CT molecular complexity index is 445. The summed E-state index contributed by atoms with van der Waals surface area (Å²) in [5.74, 6) is 0. The van der Waals surface area contributed by atoms with Gasteiger partial charge >= 0.3 is 0 Å². The van der Waals surface area contributed by atoms with Gasteiger partial charge in [-0.15, -0.1) is 4.21 Å². The lowest BCUT2D eigenvalue weighted by Crippen LogP contribution is -2.27. The van der Waals surface area contributed by atoms with E-state index in [-0.39, 0.29) is 10.8 Å². The molecule has 5 heteroatoms. The lowest BCUT2D eigenvalue weighted by atomic mass is 10.0. The van der Waals surface area contributed by atoms with Crippen LogP contribution in [0.5, 0.6) is 0 Å². The third-order valence-electron chi connectivity index (χ3n) is 2.89. The number of unbranched alkanes of at least 4 members (excludes halogenated alkanes) is 2. The molecule has 0 aliphatic carbocycles. The van der Waals surface area contributed by atoms with Crippen molar-refractivity contribution >= 4 is 22.8 Å². The third kappa shape index (κ3) is 2.37. The molecule has 1 heterocycles. The number of rotatable bonds is 4. The molecule has 0 radical (unpaired) electrons. The van der Waals surface area contributed by atoms with Crippen LogP contribution in [0.2, 0.25) is 0 Å². The number of hydrogen-bond donors (Lipinski definition) is 1. The quantitative estimate of drug-likeness (QED) is 0.386. The number of benzene rings is 1. The van der Waals surface area contributed by atoms with Crippen LogP contribution in [0.3, 0.4) is 0 Å². The highest BCUT2D eigenvalue weighted by atomic mass is 32.2. The van der Waals surface area contributed by atoms with Gasteiger partial charge in [-0.05, 0) is 18.4 Å². The molecular weight excluding hydrogens is 238 g/mol. The molecule has 92 valence electrons. The molecule has 4 nitrogen and oxygen atoms in total. The van der Waals surface area contributed by atoms with Gasteiger partial charge in [0.05, 0.1) is 0 Å². The number of aryl methyl sites for hydroxylation is 1. The topological polar surface area (TPSA) is 60.4 Å². The van der Waals surface area contributed by atoms with Gasteiger partial charge in [0.1, 0.15) is 5.56 Å². The number of carbonyl (C=O) groups excluding carboxylic acids is 1. The fourth-order valence-corrected chi connectivity index (χ4v) is 2.84. The van der Waals surface area contributed by atoms with E-state index >= 15 is 0 Å². The van der Waals surface area contributed by atoms with E-state index in [9.17, 15) is 15.2 Å². The van der Waals surface area contributed by atoms with Crippen LogP contribution in [-0.4, -0.2) is 10.3 Å². The minimum Gasteiger partial charge on any atom is -0.581 e. The smallest absolute Gasteiger partial charge is 0.286 e. The van der Waals surface area contributed by atoms with Crippen molar-refractivity contribution in [3.63, 3.8) is 0 Å². The van der Waals surface area contributed by atoms with Gasteiger partial charge in [0, 0.05) is 6.07 Å². The Morgan fingerprint density at radius 1 is 1.41 bits per heavy atom. The van der Waals surface area contributed by atoms with Crippen molar-refractivity contribution in [3.05, 3.63) is 34.5 Å². The molecule has 1 N–H and O–H groups in total. The molecule has 2 rings (SSSR count). The number of nitrogens with zero attached hydrogens (tertiary/aromatic N) is 1. The molecule has 0 spiro atoms. The van der Waals surface area contributed by atoms with Crippen LogP contribution < -0.4 is 4.21 Å². The number of hydrogen-bond acceptors (Lipinski definition) is 4. The molecule has 1 aromatic carbocycles. The van der Waals surface area contributed by atoms with Gasteiger partial charge in [-0.2, -0.15) is 5.21 Å². The highest BCUT2D eigenvalue weighted by Gasteiger charge is 2.41. The Morgan fingerprint density at radius 2 is 2.18 bits per heavy atom. The molecular formula is C12H15NO3S. The zero-order valence-electron chi connectivity index (χ0n) is 9.68. The van der Waals surface area contributed by atoms with Crippen LogP contribution in [0.25, 0.3) is 0 Å². The molecule has 0 fully saturated rings. The average Bonchev–Trinajstić information content (AvgIpc) is 2.51. The molecule has 1 aliphatic rings. The molecule has 1 atom stereocenters. The van der Waals surface area contributed by atoms with Crippen molar-refractivity contribution in [1.29, 1.82) is 0 Å². The second-order valence-corrected chi connectivity index (χ2v) is 5.22. The van der Waals surface area contributed by atoms with E-state index in [2.05, 4.69) is 6.92 Å². The number of quaternary nitrogens is 1. The number of fused-ring (bicyclic) bond motifs is 1. The maximum Gasteiger partial charge on any atom is 0.286 e. The van der Waals surface area contributed by atoms with Crippen molar-refractivity contribution in [3.8, 4) is 0 Å². The Hall–Kier alpha value is -0.880. The number of carbonyl (C=O) groups is 1. The van der Waals surface area contributed by atoms with Gasteiger partial charge in [0.15, 0.2) is 17.6 Å². The van der Waals surface area contributed by atoms with E-state index < -0.39 is 4.21 Å². The second-order valence-electron chi connectivity index (χ2n) is 4.17. The van der Waals surface area contributed by atoms with Gasteiger partial charge in [-0.3, -0.25) is 4.79 Å². The molecule has 1 aromatic rings. The van der Waals surface area contributed by atoms with Crippen LogP contribution in [0, 0.1) is 5.21 Å². The van der Waals surface area contributed by atoms with Crippen LogP contribution in [0.1, 0.15) is 42.1 Å². The zero-order valence-corrected chi connectivity index (χ0v) is 10.5. The van der Waals surface area contributed by atoms with Gasteiger partial charge < -0.3 is 5.21 Å². The first-order chi connectivity index (χ1) is 8.06. The normalized spacial score (nSPS) is 22.9. The summed E-state index contributed by atoms with van der Waals surface area (Å²) in [5, 5.41) is 20.9. The van der Waals surface area contributed by atoms with Gasteiger partial charge in [-0.1, -0.05) is 31.9 Å². The van der Waals surface area contributed by atoms with Crippen LogP contribution in [0.4, 0.5) is 5.69 Å². The summed E-state index contributed by atoms with van der Waals surface area (Å²) in [4.78, 5) is 11.7. The highest BCUT2D eigenvalue weighted by molar-refractivity contribution is 8.14. The van der Waals surface area contributed by atoms with E-state index in [4.69, 9.17) is 0 Å². The Kier molecular flexibility index (Phi) is 3.53. The van der Waals surface area contributed by atoms with E-state index in [1.54, 1.807) is 6.07 Å². The average molecular weight is 253 g/mol. The fraction of sp³-hybridized carbons (Fsp3) is 0.417. The monoisotopic (exact) mass is 253 g/mol. The summed E-state index contributed by atoms with van der Waals surface area (Å²) < 4.78 is -1.63. The van der Waals surface area contributed by atoms with Gasteiger partial charge in [0.2, 0.25) is 0 Å². The van der Waals surface area contributed by atoms with Crippen LogP contribution in [0.15, 0.2) is 18.2 Å². The van der Waals surface area contributed by atoms with Crippen molar-refractivity contribution in [2.75, 3.05) is 0 Å². The minimum atomic E-state index is -1.63. The SMILES string of the molecule is CCCCCc1cccc2c1C(=O)S[N+]2([O-])O. The molecule has 1 unspecified atom stereocenters.